The normalized spacial score (nSPS) is 12.6. The molecule has 2 aromatic heterocycles. The second-order valence-electron chi connectivity index (χ2n) is 5.64. The lowest BCUT2D eigenvalue weighted by Crippen LogP contribution is -2.14. The molecule has 0 unspecified atom stereocenters. The third kappa shape index (κ3) is 4.04. The molecule has 0 N–H and O–H groups in total. The van der Waals surface area contributed by atoms with Crippen LogP contribution in [0.25, 0.3) is 11.3 Å². The van der Waals surface area contributed by atoms with Crippen LogP contribution in [0.3, 0.4) is 0 Å². The van der Waals surface area contributed by atoms with Gasteiger partial charge in [0.25, 0.3) is 0 Å². The van der Waals surface area contributed by atoms with Crippen molar-refractivity contribution in [1.82, 2.24) is 4.68 Å². The molecular formula is C18H18ClN3S2. The Morgan fingerprint density at radius 3 is 2.71 bits per heavy atom. The van der Waals surface area contributed by atoms with Crippen molar-refractivity contribution in [2.24, 2.45) is 10.1 Å². The molecule has 0 saturated heterocycles. The smallest absolute Gasteiger partial charge is 0.206 e. The number of benzene rings is 1. The molecule has 3 nitrogen and oxygen atoms in total. The van der Waals surface area contributed by atoms with Crippen LogP contribution >= 0.6 is 34.3 Å². The van der Waals surface area contributed by atoms with E-state index in [1.807, 2.05) is 35.2 Å². The maximum absolute atomic E-state index is 6.15. The van der Waals surface area contributed by atoms with Gasteiger partial charge < -0.3 is 0 Å². The Morgan fingerprint density at radius 1 is 1.21 bits per heavy atom. The van der Waals surface area contributed by atoms with E-state index in [1.165, 1.54) is 4.88 Å². The van der Waals surface area contributed by atoms with Gasteiger partial charge >= 0.3 is 0 Å². The molecule has 0 radical (unpaired) electrons. The van der Waals surface area contributed by atoms with Crippen LogP contribution in [0.15, 0.2) is 51.9 Å². The van der Waals surface area contributed by atoms with Gasteiger partial charge in [0.05, 0.1) is 11.9 Å². The number of hydrogen-bond donors (Lipinski definition) is 0. The molecule has 0 aliphatic heterocycles. The van der Waals surface area contributed by atoms with Crippen molar-refractivity contribution in [2.75, 3.05) is 0 Å². The van der Waals surface area contributed by atoms with E-state index in [9.17, 15) is 0 Å². The van der Waals surface area contributed by atoms with Gasteiger partial charge in [-0.15, -0.1) is 22.7 Å². The molecule has 0 aliphatic carbocycles. The van der Waals surface area contributed by atoms with Crippen LogP contribution in [0.2, 0.25) is 5.02 Å². The first-order chi connectivity index (χ1) is 11.5. The number of aryl methyl sites for hydroxylation is 1. The van der Waals surface area contributed by atoms with E-state index in [0.717, 1.165) is 20.9 Å². The van der Waals surface area contributed by atoms with Gasteiger partial charge in [0.2, 0.25) is 4.80 Å². The second-order valence-corrected chi connectivity index (χ2v) is 8.23. The quantitative estimate of drug-likeness (QED) is 0.544. The highest BCUT2D eigenvalue weighted by Gasteiger charge is 2.08. The number of hydrogen-bond acceptors (Lipinski definition) is 4. The van der Waals surface area contributed by atoms with Gasteiger partial charge in [0.15, 0.2) is 0 Å². The van der Waals surface area contributed by atoms with Crippen LogP contribution in [0.1, 0.15) is 23.6 Å². The van der Waals surface area contributed by atoms with E-state index in [1.54, 1.807) is 22.7 Å². The summed E-state index contributed by atoms with van der Waals surface area (Å²) in [4.78, 5) is 7.96. The Bertz CT molecular complexity index is 932. The fourth-order valence-electron chi connectivity index (χ4n) is 2.20. The summed E-state index contributed by atoms with van der Waals surface area (Å²) in [5, 5.41) is 7.47. The first-order valence-corrected chi connectivity index (χ1v) is 9.71. The third-order valence-corrected chi connectivity index (χ3v) is 5.24. The van der Waals surface area contributed by atoms with Gasteiger partial charge in [-0.1, -0.05) is 23.7 Å². The Kier molecular flexibility index (Phi) is 5.33. The fourth-order valence-corrected chi connectivity index (χ4v) is 4.11. The van der Waals surface area contributed by atoms with Gasteiger partial charge in [-0.2, -0.15) is 5.10 Å². The number of thiophene rings is 1. The summed E-state index contributed by atoms with van der Waals surface area (Å²) in [7, 11) is 0. The topological polar surface area (TPSA) is 29.6 Å². The molecule has 1 aromatic carbocycles. The van der Waals surface area contributed by atoms with Crippen molar-refractivity contribution >= 4 is 40.5 Å². The lowest BCUT2D eigenvalue weighted by atomic mass is 10.2. The predicted octanol–water partition coefficient (Wildman–Crippen LogP) is 5.43. The van der Waals surface area contributed by atoms with E-state index in [0.29, 0.717) is 5.02 Å². The Hall–Kier alpha value is -1.69. The van der Waals surface area contributed by atoms with Gasteiger partial charge in [0.1, 0.15) is 0 Å². The predicted molar refractivity (Wildman–Crippen MR) is 106 cm³/mol. The zero-order valence-corrected chi connectivity index (χ0v) is 16.1. The second kappa shape index (κ2) is 7.47. The van der Waals surface area contributed by atoms with Crippen LogP contribution in [0.5, 0.6) is 0 Å². The summed E-state index contributed by atoms with van der Waals surface area (Å²) in [6.45, 7) is 6.22. The van der Waals surface area contributed by atoms with Crippen LogP contribution < -0.4 is 4.80 Å². The molecule has 0 spiro atoms. The Balaban J connectivity index is 2.10. The molecule has 6 heteroatoms. The van der Waals surface area contributed by atoms with Crippen LogP contribution in [0.4, 0.5) is 0 Å². The molecule has 0 bridgehead atoms. The summed E-state index contributed by atoms with van der Waals surface area (Å²) < 4.78 is 1.89. The van der Waals surface area contributed by atoms with Crippen LogP contribution in [-0.4, -0.2) is 16.9 Å². The molecule has 0 aliphatic rings. The number of rotatable bonds is 4. The van der Waals surface area contributed by atoms with Crippen molar-refractivity contribution in [1.29, 1.82) is 0 Å². The fraction of sp³-hybridized carbons (Fsp3) is 0.222. The van der Waals surface area contributed by atoms with Crippen molar-refractivity contribution in [3.8, 4) is 11.3 Å². The van der Waals surface area contributed by atoms with Crippen LogP contribution in [-0.2, 0) is 0 Å². The molecule has 24 heavy (non-hydrogen) atoms. The Labute approximate surface area is 154 Å². The molecular weight excluding hydrogens is 358 g/mol. The van der Waals surface area contributed by atoms with Crippen molar-refractivity contribution in [3.05, 3.63) is 61.4 Å². The zero-order valence-electron chi connectivity index (χ0n) is 13.7. The maximum Gasteiger partial charge on any atom is 0.206 e. The maximum atomic E-state index is 6.15. The van der Waals surface area contributed by atoms with Crippen molar-refractivity contribution in [3.63, 3.8) is 0 Å². The summed E-state index contributed by atoms with van der Waals surface area (Å²) in [5.41, 5.74) is 2.02. The van der Waals surface area contributed by atoms with E-state index in [2.05, 4.69) is 48.4 Å². The molecule has 124 valence electrons. The first-order valence-electron chi connectivity index (χ1n) is 7.64. The highest BCUT2D eigenvalue weighted by Crippen LogP contribution is 2.23. The highest BCUT2D eigenvalue weighted by atomic mass is 35.5. The van der Waals surface area contributed by atoms with Crippen LogP contribution in [0, 0.1) is 6.92 Å². The third-order valence-electron chi connectivity index (χ3n) is 3.24. The summed E-state index contributed by atoms with van der Waals surface area (Å²) in [6, 6.07) is 12.2. The minimum Gasteiger partial charge on any atom is -0.255 e. The number of nitrogens with zero attached hydrogens (tertiary/aromatic N) is 3. The van der Waals surface area contributed by atoms with Gasteiger partial charge in [-0.3, -0.25) is 4.99 Å². The number of halogens is 1. The first kappa shape index (κ1) is 17.1. The largest absolute Gasteiger partial charge is 0.255 e. The number of thiazole rings is 1. The Morgan fingerprint density at radius 2 is 2.04 bits per heavy atom. The zero-order chi connectivity index (χ0) is 17.1. The lowest BCUT2D eigenvalue weighted by Gasteiger charge is -2.04. The molecule has 0 fully saturated rings. The van der Waals surface area contributed by atoms with Gasteiger partial charge in [-0.05, 0) is 45.0 Å². The molecule has 3 rings (SSSR count). The average Bonchev–Trinajstić information content (AvgIpc) is 3.11. The summed E-state index contributed by atoms with van der Waals surface area (Å²) in [6.07, 6.45) is 1.89. The van der Waals surface area contributed by atoms with E-state index in [-0.39, 0.29) is 6.04 Å². The lowest BCUT2D eigenvalue weighted by molar-refractivity contribution is 0.755. The SMILES string of the molecule is Cc1ccc(C=Nn2c(-c3cccc(Cl)c3)csc2=NC(C)C)s1. The summed E-state index contributed by atoms with van der Waals surface area (Å²) >= 11 is 9.46. The molecule has 3 aromatic rings. The molecule has 0 saturated carbocycles. The average molecular weight is 376 g/mol. The van der Waals surface area contributed by atoms with Gasteiger partial charge in [0, 0.05) is 31.8 Å². The molecule has 0 atom stereocenters. The molecule has 0 amide bonds. The van der Waals surface area contributed by atoms with E-state index >= 15 is 0 Å². The highest BCUT2D eigenvalue weighted by molar-refractivity contribution is 7.13. The standard InChI is InChI=1S/C18H18ClN3S2/c1-12(2)21-18-22(20-10-16-8-7-13(3)24-16)17(11-23-18)14-5-4-6-15(19)9-14/h4-12H,1-3H3. The van der Waals surface area contributed by atoms with Gasteiger partial charge in [-0.25, -0.2) is 4.68 Å². The minimum atomic E-state index is 0.210. The van der Waals surface area contributed by atoms with E-state index in [4.69, 9.17) is 11.6 Å². The van der Waals surface area contributed by atoms with Crippen molar-refractivity contribution in [2.45, 2.75) is 26.8 Å². The molecule has 2 heterocycles. The summed E-state index contributed by atoms with van der Waals surface area (Å²) in [5.74, 6) is 0. The minimum absolute atomic E-state index is 0.210. The monoisotopic (exact) mass is 375 g/mol. The number of aromatic nitrogens is 1. The van der Waals surface area contributed by atoms with Crippen molar-refractivity contribution < 1.29 is 0 Å². The van der Waals surface area contributed by atoms with E-state index < -0.39 is 0 Å².